The van der Waals surface area contributed by atoms with Crippen molar-refractivity contribution >= 4 is 17.7 Å². The molecule has 0 heterocycles. The molecule has 0 spiro atoms. The Bertz CT molecular complexity index is 454. The van der Waals surface area contributed by atoms with Crippen LogP contribution in [0.1, 0.15) is 74.1 Å². The van der Waals surface area contributed by atoms with E-state index in [1.165, 1.54) is 6.92 Å². The number of aliphatic carboxylic acids is 1. The molecular weight excluding hydrogens is 296 g/mol. The maximum Gasteiger partial charge on any atom is 0.311 e. The average Bonchev–Trinajstić information content (AvgIpc) is 2.43. The van der Waals surface area contributed by atoms with E-state index in [0.29, 0.717) is 19.4 Å². The molecular formula is C18H32O5. The molecule has 0 aliphatic heterocycles. The molecule has 2 unspecified atom stereocenters. The molecule has 0 bridgehead atoms. The Morgan fingerprint density at radius 2 is 1.48 bits per heavy atom. The zero-order valence-corrected chi connectivity index (χ0v) is 15.6. The van der Waals surface area contributed by atoms with Crippen LogP contribution in [0, 0.1) is 16.2 Å². The van der Waals surface area contributed by atoms with Crippen LogP contribution in [0.15, 0.2) is 0 Å². The highest BCUT2D eigenvalue weighted by atomic mass is 16.5. The lowest BCUT2D eigenvalue weighted by Gasteiger charge is -2.39. The van der Waals surface area contributed by atoms with E-state index in [1.54, 1.807) is 20.8 Å². The molecule has 0 aromatic heterocycles. The van der Waals surface area contributed by atoms with Crippen molar-refractivity contribution in [2.45, 2.75) is 74.1 Å². The number of hydrogen-bond acceptors (Lipinski definition) is 4. The van der Waals surface area contributed by atoms with Gasteiger partial charge in [0.25, 0.3) is 0 Å². The number of carboxylic acid groups (broad SMARTS) is 1. The monoisotopic (exact) mass is 328 g/mol. The zero-order valence-electron chi connectivity index (χ0n) is 15.6. The highest BCUT2D eigenvalue weighted by Gasteiger charge is 2.48. The summed E-state index contributed by atoms with van der Waals surface area (Å²) in [7, 11) is 0. The molecule has 0 aliphatic rings. The van der Waals surface area contributed by atoms with Gasteiger partial charge in [0.2, 0.25) is 0 Å². The normalized spacial score (nSPS) is 17.0. The molecule has 0 aromatic rings. The van der Waals surface area contributed by atoms with Gasteiger partial charge in [0.05, 0.1) is 17.4 Å². The second kappa shape index (κ2) is 7.93. The minimum absolute atomic E-state index is 0.00245. The third kappa shape index (κ3) is 5.63. The molecule has 0 saturated heterocycles. The number of esters is 1. The van der Waals surface area contributed by atoms with Crippen molar-refractivity contribution in [2.24, 2.45) is 16.2 Å². The van der Waals surface area contributed by atoms with Crippen LogP contribution in [0.4, 0.5) is 0 Å². The highest BCUT2D eigenvalue weighted by molar-refractivity contribution is 5.84. The summed E-state index contributed by atoms with van der Waals surface area (Å²) in [6.07, 6.45) is 1.69. The Morgan fingerprint density at radius 1 is 0.957 bits per heavy atom. The number of hydrogen-bond donors (Lipinski definition) is 1. The van der Waals surface area contributed by atoms with Gasteiger partial charge in [0, 0.05) is 5.41 Å². The van der Waals surface area contributed by atoms with Crippen molar-refractivity contribution in [2.75, 3.05) is 6.61 Å². The first kappa shape index (κ1) is 21.6. The molecule has 0 radical (unpaired) electrons. The van der Waals surface area contributed by atoms with Crippen LogP contribution in [0.5, 0.6) is 0 Å². The fourth-order valence-electron chi connectivity index (χ4n) is 2.99. The number of rotatable bonds is 10. The third-order valence-electron chi connectivity index (χ3n) is 4.75. The molecule has 0 rings (SSSR count). The van der Waals surface area contributed by atoms with Crippen LogP contribution in [-0.4, -0.2) is 29.4 Å². The first-order chi connectivity index (χ1) is 10.3. The summed E-state index contributed by atoms with van der Waals surface area (Å²) in [6.45, 7) is 12.4. The molecule has 0 amide bonds. The Hall–Kier alpha value is -1.39. The lowest BCUT2D eigenvalue weighted by molar-refractivity contribution is -0.163. The van der Waals surface area contributed by atoms with E-state index in [-0.39, 0.29) is 18.6 Å². The Morgan fingerprint density at radius 3 is 1.83 bits per heavy atom. The maximum atomic E-state index is 12.6. The van der Waals surface area contributed by atoms with E-state index in [4.69, 9.17) is 4.74 Å². The minimum Gasteiger partial charge on any atom is -0.481 e. The summed E-state index contributed by atoms with van der Waals surface area (Å²) in [5.74, 6) is -1.38. The van der Waals surface area contributed by atoms with Gasteiger partial charge in [-0.3, -0.25) is 14.4 Å². The largest absolute Gasteiger partial charge is 0.481 e. The first-order valence-corrected chi connectivity index (χ1v) is 8.26. The van der Waals surface area contributed by atoms with Gasteiger partial charge in [-0.15, -0.1) is 0 Å². The topological polar surface area (TPSA) is 80.7 Å². The lowest BCUT2D eigenvalue weighted by atomic mass is 9.64. The number of carbonyl (C=O) groups is 3. The molecule has 5 nitrogen and oxygen atoms in total. The number of carboxylic acids is 1. The number of carbonyl (C=O) groups excluding carboxylic acids is 2. The van der Waals surface area contributed by atoms with Crippen molar-refractivity contribution in [3.8, 4) is 0 Å². The molecule has 0 fully saturated rings. The molecule has 23 heavy (non-hydrogen) atoms. The summed E-state index contributed by atoms with van der Waals surface area (Å²) in [5.41, 5.74) is -2.77. The van der Waals surface area contributed by atoms with Crippen LogP contribution in [0.2, 0.25) is 0 Å². The second-order valence-corrected chi connectivity index (χ2v) is 7.71. The summed E-state index contributed by atoms with van der Waals surface area (Å²) in [6, 6.07) is 0. The van der Waals surface area contributed by atoms with Gasteiger partial charge in [-0.2, -0.15) is 0 Å². The quantitative estimate of drug-likeness (QED) is 0.616. The Labute approximate surface area is 139 Å². The van der Waals surface area contributed by atoms with Crippen LogP contribution < -0.4 is 0 Å². The molecule has 1 N–H and O–H groups in total. The molecule has 5 heteroatoms. The van der Waals surface area contributed by atoms with Crippen molar-refractivity contribution in [1.29, 1.82) is 0 Å². The summed E-state index contributed by atoms with van der Waals surface area (Å²) < 4.78 is 5.31. The molecule has 0 aliphatic carbocycles. The van der Waals surface area contributed by atoms with Crippen molar-refractivity contribution in [3.63, 3.8) is 0 Å². The van der Waals surface area contributed by atoms with Gasteiger partial charge >= 0.3 is 11.9 Å². The molecule has 0 aromatic carbocycles. The van der Waals surface area contributed by atoms with Gasteiger partial charge in [-0.1, -0.05) is 20.8 Å². The van der Waals surface area contributed by atoms with Crippen LogP contribution >= 0.6 is 0 Å². The number of Topliss-reactive ketones (excluding diaryl/α,β-unsaturated/α-hetero) is 1. The lowest BCUT2D eigenvalue weighted by Crippen LogP contribution is -2.43. The van der Waals surface area contributed by atoms with Gasteiger partial charge in [-0.25, -0.2) is 0 Å². The summed E-state index contributed by atoms with van der Waals surface area (Å²) in [5, 5.41) is 9.41. The summed E-state index contributed by atoms with van der Waals surface area (Å²) >= 11 is 0. The van der Waals surface area contributed by atoms with Gasteiger partial charge in [-0.05, 0) is 53.4 Å². The van der Waals surface area contributed by atoms with Crippen molar-refractivity contribution in [3.05, 3.63) is 0 Å². The van der Waals surface area contributed by atoms with Crippen LogP contribution in [0.25, 0.3) is 0 Å². The first-order valence-electron chi connectivity index (χ1n) is 8.26. The van der Waals surface area contributed by atoms with E-state index in [0.717, 1.165) is 0 Å². The molecule has 134 valence electrons. The highest BCUT2D eigenvalue weighted by Crippen LogP contribution is 2.45. The van der Waals surface area contributed by atoms with E-state index in [2.05, 4.69) is 0 Å². The van der Waals surface area contributed by atoms with E-state index < -0.39 is 28.2 Å². The summed E-state index contributed by atoms with van der Waals surface area (Å²) in [4.78, 5) is 36.1. The van der Waals surface area contributed by atoms with Gasteiger partial charge < -0.3 is 9.84 Å². The van der Waals surface area contributed by atoms with Crippen molar-refractivity contribution in [1.82, 2.24) is 0 Å². The van der Waals surface area contributed by atoms with Crippen LogP contribution in [0.3, 0.4) is 0 Å². The number of ketones is 1. The fraction of sp³-hybridized carbons (Fsp3) is 0.833. The van der Waals surface area contributed by atoms with E-state index in [9.17, 15) is 19.5 Å². The predicted octanol–water partition coefficient (Wildman–Crippen LogP) is 3.84. The smallest absolute Gasteiger partial charge is 0.311 e. The zero-order chi connectivity index (χ0) is 18.5. The number of ether oxygens (including phenoxy) is 1. The van der Waals surface area contributed by atoms with E-state index >= 15 is 0 Å². The fourth-order valence-corrected chi connectivity index (χ4v) is 2.99. The molecule has 0 saturated carbocycles. The predicted molar refractivity (Wildman–Crippen MR) is 89.1 cm³/mol. The van der Waals surface area contributed by atoms with Crippen LogP contribution in [-0.2, 0) is 19.1 Å². The molecule has 2 atom stereocenters. The van der Waals surface area contributed by atoms with E-state index in [1.807, 2.05) is 20.8 Å². The van der Waals surface area contributed by atoms with Crippen molar-refractivity contribution < 1.29 is 24.2 Å². The SMILES string of the molecule is CCCOC(=O)C(C)(CC(C)(C)C(=O)O)CC(C)(CC)C(C)=O. The standard InChI is InChI=1S/C18H32O5/c1-8-10-23-15(22)18(7,11-16(4,5)14(20)21)12-17(6,9-2)13(3)19/h8-12H2,1-7H3,(H,20,21). The maximum absolute atomic E-state index is 12.6. The average molecular weight is 328 g/mol. The van der Waals surface area contributed by atoms with Gasteiger partial charge in [0.15, 0.2) is 0 Å². The Balaban J connectivity index is 5.66. The second-order valence-electron chi connectivity index (χ2n) is 7.71. The Kier molecular flexibility index (Phi) is 7.45. The van der Waals surface area contributed by atoms with Gasteiger partial charge in [0.1, 0.15) is 5.78 Å². The third-order valence-corrected chi connectivity index (χ3v) is 4.75. The minimum atomic E-state index is -1.08.